The van der Waals surface area contributed by atoms with Crippen LogP contribution in [0, 0.1) is 28.6 Å². The van der Waals surface area contributed by atoms with Crippen molar-refractivity contribution in [2.75, 3.05) is 0 Å². The lowest BCUT2D eigenvalue weighted by molar-refractivity contribution is 0.0743. The molecular weight excluding hydrogens is 242 g/mol. The van der Waals surface area contributed by atoms with E-state index in [4.69, 9.17) is 0 Å². The smallest absolute Gasteiger partial charge is 0.00798 e. The van der Waals surface area contributed by atoms with E-state index >= 15 is 0 Å². The Bertz CT molecular complexity index is 341. The summed E-state index contributed by atoms with van der Waals surface area (Å²) in [4.78, 5) is 0. The molecule has 1 heteroatoms. The van der Waals surface area contributed by atoms with E-state index < -0.39 is 0 Å². The van der Waals surface area contributed by atoms with Crippen molar-refractivity contribution in [3.05, 3.63) is 0 Å². The highest BCUT2D eigenvalue weighted by Gasteiger charge is 2.44. The molecule has 0 aromatic carbocycles. The highest BCUT2D eigenvalue weighted by molar-refractivity contribution is 4.97. The summed E-state index contributed by atoms with van der Waals surface area (Å²) in [6.45, 7) is 12.3. The van der Waals surface area contributed by atoms with Gasteiger partial charge in [0.2, 0.25) is 0 Å². The molecule has 0 radical (unpaired) electrons. The second-order valence-electron chi connectivity index (χ2n) is 9.90. The van der Waals surface area contributed by atoms with Crippen LogP contribution in [0.3, 0.4) is 0 Å². The van der Waals surface area contributed by atoms with Crippen LogP contribution in [0.5, 0.6) is 0 Å². The third-order valence-electron chi connectivity index (χ3n) is 6.49. The molecule has 0 amide bonds. The molecule has 3 rings (SSSR count). The maximum absolute atomic E-state index is 4.06. The molecule has 0 aromatic rings. The van der Waals surface area contributed by atoms with Crippen LogP contribution in [0.25, 0.3) is 0 Å². The second kappa shape index (κ2) is 5.00. The highest BCUT2D eigenvalue weighted by Crippen LogP contribution is 2.50. The van der Waals surface area contributed by atoms with Gasteiger partial charge in [-0.3, -0.25) is 0 Å². The van der Waals surface area contributed by atoms with Gasteiger partial charge in [0.05, 0.1) is 0 Å². The summed E-state index contributed by atoms with van der Waals surface area (Å²) in [6.07, 6.45) is 10.2. The highest BCUT2D eigenvalue weighted by atomic mass is 15.0. The summed E-state index contributed by atoms with van der Waals surface area (Å²) in [5, 5.41) is 4.06. The van der Waals surface area contributed by atoms with Crippen molar-refractivity contribution in [1.82, 2.24) is 5.32 Å². The molecule has 0 heterocycles. The van der Waals surface area contributed by atoms with Crippen LogP contribution in [-0.2, 0) is 0 Å². The number of nitrogens with one attached hydrogen (secondary N) is 1. The molecule has 1 N–H and O–H groups in total. The summed E-state index contributed by atoms with van der Waals surface area (Å²) in [7, 11) is 0. The van der Waals surface area contributed by atoms with Gasteiger partial charge in [-0.1, -0.05) is 34.1 Å². The standard InChI is InChI=1S/C19H35N/c1-13(17-9-14-6-7-15(17)8-14)20-16-10-18(2,3)12-19(4,5)11-16/h13-17,20H,6-12H2,1-5H3. The summed E-state index contributed by atoms with van der Waals surface area (Å²) in [6, 6.07) is 1.47. The number of fused-ring (bicyclic) bond motifs is 2. The fourth-order valence-corrected chi connectivity index (χ4v) is 6.37. The lowest BCUT2D eigenvalue weighted by atomic mass is 9.63. The van der Waals surface area contributed by atoms with Crippen molar-refractivity contribution in [2.45, 2.75) is 91.6 Å². The average Bonchev–Trinajstić information content (AvgIpc) is 2.85. The quantitative estimate of drug-likeness (QED) is 0.765. The maximum Gasteiger partial charge on any atom is 0.00798 e. The van der Waals surface area contributed by atoms with Gasteiger partial charge < -0.3 is 5.32 Å². The van der Waals surface area contributed by atoms with Gasteiger partial charge >= 0.3 is 0 Å². The Morgan fingerprint density at radius 1 is 0.950 bits per heavy atom. The third kappa shape index (κ3) is 3.08. The predicted octanol–water partition coefficient (Wildman–Crippen LogP) is 5.01. The third-order valence-corrected chi connectivity index (χ3v) is 6.49. The van der Waals surface area contributed by atoms with Gasteiger partial charge in [0.1, 0.15) is 0 Å². The number of rotatable bonds is 3. The van der Waals surface area contributed by atoms with Crippen LogP contribution in [0.2, 0.25) is 0 Å². The number of hydrogen-bond acceptors (Lipinski definition) is 1. The molecular formula is C19H35N. The molecule has 116 valence electrons. The van der Waals surface area contributed by atoms with Gasteiger partial charge in [0.25, 0.3) is 0 Å². The van der Waals surface area contributed by atoms with Crippen LogP contribution in [0.1, 0.15) is 79.6 Å². The van der Waals surface area contributed by atoms with Gasteiger partial charge in [-0.25, -0.2) is 0 Å². The average molecular weight is 277 g/mol. The first-order valence-electron chi connectivity index (χ1n) is 9.00. The molecule has 0 spiro atoms. The molecule has 3 saturated carbocycles. The molecule has 20 heavy (non-hydrogen) atoms. The largest absolute Gasteiger partial charge is 0.311 e. The molecule has 2 bridgehead atoms. The van der Waals surface area contributed by atoms with Crippen molar-refractivity contribution in [2.24, 2.45) is 28.6 Å². The van der Waals surface area contributed by atoms with E-state index in [2.05, 4.69) is 39.9 Å². The zero-order valence-electron chi connectivity index (χ0n) is 14.3. The van der Waals surface area contributed by atoms with E-state index in [1.54, 1.807) is 6.42 Å². The minimum absolute atomic E-state index is 0.508. The molecule has 3 aliphatic carbocycles. The van der Waals surface area contributed by atoms with Crippen LogP contribution >= 0.6 is 0 Å². The Morgan fingerprint density at radius 2 is 1.60 bits per heavy atom. The molecule has 0 aliphatic heterocycles. The zero-order valence-corrected chi connectivity index (χ0v) is 14.3. The van der Waals surface area contributed by atoms with Crippen molar-refractivity contribution < 1.29 is 0 Å². The van der Waals surface area contributed by atoms with Gasteiger partial charge in [-0.2, -0.15) is 0 Å². The van der Waals surface area contributed by atoms with Gasteiger partial charge in [-0.05, 0) is 74.0 Å². The van der Waals surface area contributed by atoms with E-state index in [0.29, 0.717) is 10.8 Å². The van der Waals surface area contributed by atoms with E-state index in [1.807, 2.05) is 0 Å². The van der Waals surface area contributed by atoms with E-state index in [-0.39, 0.29) is 0 Å². The second-order valence-corrected chi connectivity index (χ2v) is 9.90. The van der Waals surface area contributed by atoms with Crippen LogP contribution < -0.4 is 5.32 Å². The minimum Gasteiger partial charge on any atom is -0.311 e. The summed E-state index contributed by atoms with van der Waals surface area (Å²) in [5.41, 5.74) is 1.02. The van der Waals surface area contributed by atoms with E-state index in [1.165, 1.54) is 38.5 Å². The first kappa shape index (κ1) is 14.9. The van der Waals surface area contributed by atoms with E-state index in [0.717, 1.165) is 29.8 Å². The molecule has 0 aromatic heterocycles. The Balaban J connectivity index is 1.59. The van der Waals surface area contributed by atoms with Gasteiger partial charge in [0.15, 0.2) is 0 Å². The minimum atomic E-state index is 0.508. The normalized spacial score (nSPS) is 41.0. The Labute approximate surface area is 126 Å². The first-order chi connectivity index (χ1) is 9.24. The fourth-order valence-electron chi connectivity index (χ4n) is 6.37. The zero-order chi connectivity index (χ0) is 14.5. The van der Waals surface area contributed by atoms with Crippen molar-refractivity contribution in [3.63, 3.8) is 0 Å². The summed E-state index contributed by atoms with van der Waals surface area (Å²) < 4.78 is 0. The predicted molar refractivity (Wildman–Crippen MR) is 86.7 cm³/mol. The lowest BCUT2D eigenvalue weighted by Crippen LogP contribution is -2.49. The molecule has 3 aliphatic rings. The summed E-state index contributed by atoms with van der Waals surface area (Å²) in [5.74, 6) is 3.10. The van der Waals surface area contributed by atoms with Crippen molar-refractivity contribution >= 4 is 0 Å². The van der Waals surface area contributed by atoms with Crippen LogP contribution in [-0.4, -0.2) is 12.1 Å². The van der Waals surface area contributed by atoms with E-state index in [9.17, 15) is 0 Å². The maximum atomic E-state index is 4.06. The first-order valence-corrected chi connectivity index (χ1v) is 9.00. The summed E-state index contributed by atoms with van der Waals surface area (Å²) >= 11 is 0. The van der Waals surface area contributed by atoms with Crippen molar-refractivity contribution in [3.8, 4) is 0 Å². The Morgan fingerprint density at radius 3 is 2.10 bits per heavy atom. The molecule has 0 saturated heterocycles. The molecule has 1 nitrogen and oxygen atoms in total. The molecule has 3 fully saturated rings. The SMILES string of the molecule is CC(NC1CC(C)(C)CC(C)(C)C1)C1CC2CCC1C2. The molecule has 4 atom stereocenters. The monoisotopic (exact) mass is 277 g/mol. The Kier molecular flexibility index (Phi) is 3.72. The molecule has 4 unspecified atom stereocenters. The number of hydrogen-bond donors (Lipinski definition) is 1. The van der Waals surface area contributed by atoms with Crippen LogP contribution in [0.15, 0.2) is 0 Å². The van der Waals surface area contributed by atoms with Gasteiger partial charge in [0, 0.05) is 12.1 Å². The van der Waals surface area contributed by atoms with Crippen molar-refractivity contribution in [1.29, 1.82) is 0 Å². The van der Waals surface area contributed by atoms with Gasteiger partial charge in [-0.15, -0.1) is 0 Å². The lowest BCUT2D eigenvalue weighted by Gasteiger charge is -2.46. The topological polar surface area (TPSA) is 12.0 Å². The Hall–Kier alpha value is -0.0400. The van der Waals surface area contributed by atoms with Crippen LogP contribution in [0.4, 0.5) is 0 Å². The fraction of sp³-hybridized carbons (Fsp3) is 1.00.